The highest BCUT2D eigenvalue weighted by Gasteiger charge is 2.28. The Morgan fingerprint density at radius 2 is 1.58 bits per heavy atom. The van der Waals surface area contributed by atoms with Crippen LogP contribution in [0.5, 0.6) is 0 Å². The monoisotopic (exact) mass is 272 g/mol. The summed E-state index contributed by atoms with van der Waals surface area (Å²) in [4.78, 5) is 2.04. The van der Waals surface area contributed by atoms with E-state index in [2.05, 4.69) is 4.40 Å². The van der Waals surface area contributed by atoms with Gasteiger partial charge in [0.1, 0.15) is 4.90 Å². The van der Waals surface area contributed by atoms with Crippen molar-refractivity contribution in [1.82, 2.24) is 0 Å². The lowest BCUT2D eigenvalue weighted by Gasteiger charge is -2.27. The Kier molecular flexibility index (Phi) is 2.64. The minimum Gasteiger partial charge on any atom is -0.327 e. The normalized spacial score (nSPS) is 16.7. The van der Waals surface area contributed by atoms with Crippen molar-refractivity contribution in [1.29, 1.82) is 0 Å². The van der Waals surface area contributed by atoms with Crippen molar-refractivity contribution in [3.63, 3.8) is 0 Å². The van der Waals surface area contributed by atoms with Gasteiger partial charge in [-0.2, -0.15) is 8.42 Å². The first-order valence-electron chi connectivity index (χ1n) is 5.83. The summed E-state index contributed by atoms with van der Waals surface area (Å²) in [5.41, 5.74) is 1.43. The van der Waals surface area contributed by atoms with Gasteiger partial charge in [0, 0.05) is 12.6 Å². The molecule has 19 heavy (non-hydrogen) atoms. The zero-order valence-corrected chi connectivity index (χ0v) is 11.1. The minimum absolute atomic E-state index is 0.247. The van der Waals surface area contributed by atoms with E-state index in [9.17, 15) is 8.42 Å². The zero-order valence-electron chi connectivity index (χ0n) is 10.3. The second-order valence-electron chi connectivity index (χ2n) is 4.28. The van der Waals surface area contributed by atoms with Crippen molar-refractivity contribution >= 4 is 21.5 Å². The van der Waals surface area contributed by atoms with Gasteiger partial charge in [-0.05, 0) is 12.1 Å². The van der Waals surface area contributed by atoms with Crippen LogP contribution in [0.25, 0.3) is 0 Å². The van der Waals surface area contributed by atoms with Crippen molar-refractivity contribution in [2.24, 2.45) is 4.40 Å². The predicted molar refractivity (Wildman–Crippen MR) is 75.0 cm³/mol. The molecule has 0 radical (unpaired) electrons. The molecule has 96 valence electrons. The topological polar surface area (TPSA) is 49.7 Å². The van der Waals surface area contributed by atoms with Crippen molar-refractivity contribution in [3.8, 4) is 0 Å². The van der Waals surface area contributed by atoms with Crippen molar-refractivity contribution in [2.75, 3.05) is 11.9 Å². The molecule has 1 aliphatic heterocycles. The fraction of sp³-hybridized carbons (Fsp3) is 0.0714. The summed E-state index contributed by atoms with van der Waals surface area (Å²) in [6.45, 7) is 0. The quantitative estimate of drug-likeness (QED) is 0.800. The van der Waals surface area contributed by atoms with Gasteiger partial charge in [0.25, 0.3) is 10.0 Å². The highest BCUT2D eigenvalue weighted by molar-refractivity contribution is 7.90. The first kappa shape index (κ1) is 11.9. The summed E-state index contributed by atoms with van der Waals surface area (Å²) in [6.07, 6.45) is 0. The van der Waals surface area contributed by atoms with Crippen LogP contribution in [0.4, 0.5) is 5.69 Å². The van der Waals surface area contributed by atoms with Crippen LogP contribution in [-0.2, 0) is 10.0 Å². The van der Waals surface area contributed by atoms with E-state index in [-0.39, 0.29) is 4.90 Å². The number of hydrogen-bond donors (Lipinski definition) is 0. The Morgan fingerprint density at radius 1 is 0.947 bits per heavy atom. The SMILES string of the molecule is CN1C(c2ccccc2)=NS(=O)(=O)c2ccccc21. The number of fused-ring (bicyclic) bond motifs is 1. The van der Waals surface area contributed by atoms with Crippen LogP contribution in [0.1, 0.15) is 5.56 Å². The molecule has 0 aliphatic carbocycles. The molecule has 0 saturated carbocycles. The molecule has 0 saturated heterocycles. The molecule has 3 rings (SSSR count). The lowest BCUT2D eigenvalue weighted by atomic mass is 10.2. The molecule has 1 heterocycles. The predicted octanol–water partition coefficient (Wildman–Crippen LogP) is 2.27. The number of anilines is 1. The van der Waals surface area contributed by atoms with E-state index in [1.165, 1.54) is 0 Å². The summed E-state index contributed by atoms with van der Waals surface area (Å²) in [7, 11) is -1.81. The third-order valence-electron chi connectivity index (χ3n) is 3.06. The van der Waals surface area contributed by atoms with E-state index in [0.29, 0.717) is 11.5 Å². The maximum absolute atomic E-state index is 12.2. The summed E-state index contributed by atoms with van der Waals surface area (Å²) in [5.74, 6) is 0.444. The Labute approximate surface area is 112 Å². The Bertz CT molecular complexity index is 752. The van der Waals surface area contributed by atoms with Gasteiger partial charge in [0.05, 0.1) is 5.69 Å². The van der Waals surface area contributed by atoms with Gasteiger partial charge in [0.2, 0.25) is 0 Å². The fourth-order valence-electron chi connectivity index (χ4n) is 2.12. The molecule has 0 bridgehead atoms. The molecule has 0 aromatic heterocycles. The summed E-state index contributed by atoms with van der Waals surface area (Å²) in [6, 6.07) is 16.2. The molecule has 4 nitrogen and oxygen atoms in total. The Hall–Kier alpha value is -2.14. The van der Waals surface area contributed by atoms with Crippen LogP contribution in [0, 0.1) is 0 Å². The summed E-state index contributed by atoms with van der Waals surface area (Å²) >= 11 is 0. The zero-order chi connectivity index (χ0) is 13.5. The second kappa shape index (κ2) is 4.20. The molecule has 5 heteroatoms. The molecule has 0 atom stereocenters. The first-order valence-corrected chi connectivity index (χ1v) is 7.27. The van der Waals surface area contributed by atoms with Crippen LogP contribution < -0.4 is 4.90 Å². The van der Waals surface area contributed by atoms with Gasteiger partial charge in [-0.15, -0.1) is 4.40 Å². The number of para-hydroxylation sites is 1. The maximum Gasteiger partial charge on any atom is 0.286 e. The van der Waals surface area contributed by atoms with Crippen LogP contribution in [-0.4, -0.2) is 21.3 Å². The lowest BCUT2D eigenvalue weighted by Crippen LogP contribution is -2.32. The van der Waals surface area contributed by atoms with Crippen molar-refractivity contribution in [2.45, 2.75) is 4.90 Å². The summed E-state index contributed by atoms with van der Waals surface area (Å²) in [5, 5.41) is 0. The Balaban J connectivity index is 2.24. The van der Waals surface area contributed by atoms with Crippen molar-refractivity contribution in [3.05, 3.63) is 60.2 Å². The van der Waals surface area contributed by atoms with Gasteiger partial charge in [-0.1, -0.05) is 42.5 Å². The lowest BCUT2D eigenvalue weighted by molar-refractivity contribution is 0.597. The third kappa shape index (κ3) is 1.92. The van der Waals surface area contributed by atoms with Crippen LogP contribution in [0.3, 0.4) is 0 Å². The Morgan fingerprint density at radius 3 is 2.32 bits per heavy atom. The number of benzene rings is 2. The molecule has 0 amide bonds. The number of rotatable bonds is 1. The number of nitrogens with zero attached hydrogens (tertiary/aromatic N) is 2. The largest absolute Gasteiger partial charge is 0.327 e. The average molecular weight is 272 g/mol. The number of hydrogen-bond acceptors (Lipinski definition) is 3. The smallest absolute Gasteiger partial charge is 0.286 e. The van der Waals surface area contributed by atoms with E-state index < -0.39 is 10.0 Å². The van der Waals surface area contributed by atoms with Gasteiger partial charge in [-0.25, -0.2) is 0 Å². The number of sulfonamides is 1. The minimum atomic E-state index is -3.63. The molecule has 0 N–H and O–H groups in total. The van der Waals surface area contributed by atoms with Gasteiger partial charge < -0.3 is 4.90 Å². The van der Waals surface area contributed by atoms with Gasteiger partial charge in [-0.3, -0.25) is 0 Å². The van der Waals surface area contributed by atoms with Gasteiger partial charge in [0.15, 0.2) is 5.84 Å². The molecule has 2 aromatic carbocycles. The fourth-order valence-corrected chi connectivity index (χ4v) is 3.40. The van der Waals surface area contributed by atoms with E-state index >= 15 is 0 Å². The molecule has 2 aromatic rings. The van der Waals surface area contributed by atoms with Crippen LogP contribution in [0.15, 0.2) is 63.9 Å². The van der Waals surface area contributed by atoms with Crippen LogP contribution >= 0.6 is 0 Å². The standard InChI is InChI=1S/C14H12N2O2S/c1-16-12-9-5-6-10-13(12)19(17,18)15-14(16)11-7-3-2-4-8-11/h2-10H,1H3. The van der Waals surface area contributed by atoms with E-state index in [1.54, 1.807) is 23.1 Å². The summed E-state index contributed by atoms with van der Waals surface area (Å²) < 4.78 is 28.3. The molecule has 0 unspecified atom stereocenters. The average Bonchev–Trinajstić information content (AvgIpc) is 2.44. The molecular weight excluding hydrogens is 260 g/mol. The molecule has 1 aliphatic rings. The highest BCUT2D eigenvalue weighted by atomic mass is 32.2. The third-order valence-corrected chi connectivity index (χ3v) is 4.38. The van der Waals surface area contributed by atoms with Crippen LogP contribution in [0.2, 0.25) is 0 Å². The van der Waals surface area contributed by atoms with Crippen molar-refractivity contribution < 1.29 is 8.42 Å². The first-order chi connectivity index (χ1) is 9.09. The van der Waals surface area contributed by atoms with E-state index in [1.807, 2.05) is 43.4 Å². The number of amidine groups is 1. The highest BCUT2D eigenvalue weighted by Crippen LogP contribution is 2.31. The molecule has 0 fully saturated rings. The maximum atomic E-state index is 12.2. The molecule has 0 spiro atoms. The van der Waals surface area contributed by atoms with E-state index in [4.69, 9.17) is 0 Å². The van der Waals surface area contributed by atoms with Gasteiger partial charge >= 0.3 is 0 Å². The second-order valence-corrected chi connectivity index (χ2v) is 5.86. The van der Waals surface area contributed by atoms with E-state index in [0.717, 1.165) is 5.56 Å². The molecular formula is C14H12N2O2S.